The van der Waals surface area contributed by atoms with E-state index in [0.717, 1.165) is 0 Å². The van der Waals surface area contributed by atoms with Crippen molar-refractivity contribution in [2.75, 3.05) is 14.1 Å². The van der Waals surface area contributed by atoms with Gasteiger partial charge in [0.2, 0.25) is 0 Å². The first-order valence-electron chi connectivity index (χ1n) is 4.76. The molecule has 0 spiro atoms. The van der Waals surface area contributed by atoms with Gasteiger partial charge in [-0.25, -0.2) is 0 Å². The van der Waals surface area contributed by atoms with E-state index in [9.17, 15) is 0 Å². The SMILES string of the molecule is Cc1ccc(C(C)N(C)C)cc1C. The van der Waals surface area contributed by atoms with Gasteiger partial charge in [-0.05, 0) is 51.6 Å². The fourth-order valence-corrected chi connectivity index (χ4v) is 1.32. The smallest absolute Gasteiger partial charge is 0.0313 e. The van der Waals surface area contributed by atoms with Crippen LogP contribution in [-0.2, 0) is 0 Å². The molecule has 1 nitrogen and oxygen atoms in total. The summed E-state index contributed by atoms with van der Waals surface area (Å²) in [5, 5.41) is 0. The Hall–Kier alpha value is -0.820. The highest BCUT2D eigenvalue weighted by molar-refractivity contribution is 5.31. The van der Waals surface area contributed by atoms with E-state index in [4.69, 9.17) is 0 Å². The molecule has 0 N–H and O–H groups in total. The molecule has 0 radical (unpaired) electrons. The quantitative estimate of drug-likeness (QED) is 0.671. The maximum atomic E-state index is 2.28. The highest BCUT2D eigenvalue weighted by Crippen LogP contribution is 2.19. The second kappa shape index (κ2) is 3.93. The van der Waals surface area contributed by atoms with Gasteiger partial charge in [0, 0.05) is 6.04 Å². The molecule has 0 aliphatic rings. The molecule has 1 aromatic carbocycles. The van der Waals surface area contributed by atoms with Crippen molar-refractivity contribution in [1.29, 1.82) is 0 Å². The molecule has 72 valence electrons. The largest absolute Gasteiger partial charge is 0.303 e. The molecule has 0 fully saturated rings. The fourth-order valence-electron chi connectivity index (χ4n) is 1.32. The zero-order valence-corrected chi connectivity index (χ0v) is 9.26. The van der Waals surface area contributed by atoms with Gasteiger partial charge in [0.05, 0.1) is 0 Å². The predicted molar refractivity (Wildman–Crippen MR) is 58.0 cm³/mol. The van der Waals surface area contributed by atoms with Gasteiger partial charge in [0.15, 0.2) is 0 Å². The van der Waals surface area contributed by atoms with Gasteiger partial charge in [-0.3, -0.25) is 0 Å². The van der Waals surface area contributed by atoms with Crippen molar-refractivity contribution >= 4 is 0 Å². The van der Waals surface area contributed by atoms with E-state index < -0.39 is 0 Å². The molecule has 1 heteroatoms. The number of nitrogens with zero attached hydrogens (tertiary/aromatic N) is 1. The third kappa shape index (κ3) is 2.31. The molecule has 13 heavy (non-hydrogen) atoms. The summed E-state index contributed by atoms with van der Waals surface area (Å²) in [7, 11) is 4.22. The molecule has 0 bridgehead atoms. The van der Waals surface area contributed by atoms with Gasteiger partial charge in [-0.1, -0.05) is 18.2 Å². The lowest BCUT2D eigenvalue weighted by Crippen LogP contribution is -2.16. The summed E-state index contributed by atoms with van der Waals surface area (Å²) < 4.78 is 0. The molecule has 0 saturated carbocycles. The van der Waals surface area contributed by atoms with Crippen LogP contribution in [0.1, 0.15) is 29.7 Å². The van der Waals surface area contributed by atoms with Gasteiger partial charge < -0.3 is 4.90 Å². The molecule has 0 aliphatic heterocycles. The third-order valence-corrected chi connectivity index (χ3v) is 2.79. The van der Waals surface area contributed by atoms with E-state index >= 15 is 0 Å². The Kier molecular flexibility index (Phi) is 3.10. The molecule has 0 heterocycles. The summed E-state index contributed by atoms with van der Waals surface area (Å²) in [6.45, 7) is 6.55. The van der Waals surface area contributed by atoms with E-state index in [1.807, 2.05) is 0 Å². The number of rotatable bonds is 2. The first kappa shape index (κ1) is 10.3. The highest BCUT2D eigenvalue weighted by Gasteiger charge is 2.07. The summed E-state index contributed by atoms with van der Waals surface area (Å²) in [4.78, 5) is 2.23. The van der Waals surface area contributed by atoms with Crippen molar-refractivity contribution in [3.05, 3.63) is 34.9 Å². The lowest BCUT2D eigenvalue weighted by Gasteiger charge is -2.20. The minimum atomic E-state index is 0.499. The average Bonchev–Trinajstić information content (AvgIpc) is 2.08. The fraction of sp³-hybridized carbons (Fsp3) is 0.500. The minimum absolute atomic E-state index is 0.499. The Morgan fingerprint density at radius 3 is 2.15 bits per heavy atom. The molecule has 0 saturated heterocycles. The van der Waals surface area contributed by atoms with Crippen molar-refractivity contribution in [1.82, 2.24) is 4.90 Å². The van der Waals surface area contributed by atoms with Crippen LogP contribution in [0.4, 0.5) is 0 Å². The lowest BCUT2D eigenvalue weighted by atomic mass is 10.0. The van der Waals surface area contributed by atoms with Crippen LogP contribution in [-0.4, -0.2) is 19.0 Å². The van der Waals surface area contributed by atoms with Gasteiger partial charge >= 0.3 is 0 Å². The van der Waals surface area contributed by atoms with Crippen LogP contribution >= 0.6 is 0 Å². The first-order valence-corrected chi connectivity index (χ1v) is 4.76. The van der Waals surface area contributed by atoms with Gasteiger partial charge in [0.25, 0.3) is 0 Å². The molecular weight excluding hydrogens is 158 g/mol. The highest BCUT2D eigenvalue weighted by atomic mass is 15.1. The van der Waals surface area contributed by atoms with E-state index in [2.05, 4.69) is 58.0 Å². The second-order valence-corrected chi connectivity index (χ2v) is 3.98. The van der Waals surface area contributed by atoms with Crippen molar-refractivity contribution in [3.8, 4) is 0 Å². The van der Waals surface area contributed by atoms with Crippen molar-refractivity contribution in [2.45, 2.75) is 26.8 Å². The van der Waals surface area contributed by atoms with Gasteiger partial charge in [0.1, 0.15) is 0 Å². The van der Waals surface area contributed by atoms with E-state index in [-0.39, 0.29) is 0 Å². The summed E-state index contributed by atoms with van der Waals surface area (Å²) in [6, 6.07) is 7.19. The van der Waals surface area contributed by atoms with Crippen LogP contribution < -0.4 is 0 Å². The summed E-state index contributed by atoms with van der Waals surface area (Å²) in [6.07, 6.45) is 0. The number of hydrogen-bond acceptors (Lipinski definition) is 1. The zero-order valence-electron chi connectivity index (χ0n) is 9.26. The maximum Gasteiger partial charge on any atom is 0.0313 e. The van der Waals surface area contributed by atoms with Crippen LogP contribution in [0.2, 0.25) is 0 Å². The van der Waals surface area contributed by atoms with E-state index in [1.54, 1.807) is 0 Å². The van der Waals surface area contributed by atoms with Gasteiger partial charge in [-0.15, -0.1) is 0 Å². The topological polar surface area (TPSA) is 3.24 Å². The first-order chi connectivity index (χ1) is 6.02. The van der Waals surface area contributed by atoms with Crippen molar-refractivity contribution in [2.24, 2.45) is 0 Å². The maximum absolute atomic E-state index is 2.28. The summed E-state index contributed by atoms with van der Waals surface area (Å²) in [5.41, 5.74) is 4.15. The number of hydrogen-bond donors (Lipinski definition) is 0. The molecule has 0 aromatic heterocycles. The molecule has 1 unspecified atom stereocenters. The monoisotopic (exact) mass is 177 g/mol. The van der Waals surface area contributed by atoms with Crippen LogP contribution in [0.5, 0.6) is 0 Å². The summed E-state index contributed by atoms with van der Waals surface area (Å²) in [5.74, 6) is 0. The molecule has 1 aromatic rings. The van der Waals surface area contributed by atoms with Gasteiger partial charge in [-0.2, -0.15) is 0 Å². The van der Waals surface area contributed by atoms with Crippen molar-refractivity contribution < 1.29 is 0 Å². The molecule has 1 atom stereocenters. The Morgan fingerprint density at radius 2 is 1.69 bits per heavy atom. The Morgan fingerprint density at radius 1 is 1.08 bits per heavy atom. The van der Waals surface area contributed by atoms with Crippen molar-refractivity contribution in [3.63, 3.8) is 0 Å². The standard InChI is InChI=1S/C12H19N/c1-9-6-7-12(8-10(9)2)11(3)13(4)5/h6-8,11H,1-5H3. The minimum Gasteiger partial charge on any atom is -0.303 e. The van der Waals surface area contributed by atoms with E-state index in [0.29, 0.717) is 6.04 Å². The second-order valence-electron chi connectivity index (χ2n) is 3.98. The number of aryl methyl sites for hydroxylation is 2. The van der Waals surface area contributed by atoms with Crippen LogP contribution in [0.15, 0.2) is 18.2 Å². The van der Waals surface area contributed by atoms with E-state index in [1.165, 1.54) is 16.7 Å². The molecular formula is C12H19N. The average molecular weight is 177 g/mol. The normalized spacial score (nSPS) is 13.4. The predicted octanol–water partition coefficient (Wildman–Crippen LogP) is 2.93. The number of benzene rings is 1. The van der Waals surface area contributed by atoms with Crippen LogP contribution in [0.3, 0.4) is 0 Å². The molecule has 0 amide bonds. The summed E-state index contributed by atoms with van der Waals surface area (Å²) >= 11 is 0. The van der Waals surface area contributed by atoms with Crippen LogP contribution in [0, 0.1) is 13.8 Å². The Bertz CT molecular complexity index is 289. The Labute approximate surface area is 81.4 Å². The zero-order chi connectivity index (χ0) is 10.0. The lowest BCUT2D eigenvalue weighted by molar-refractivity contribution is 0.321. The van der Waals surface area contributed by atoms with Crippen LogP contribution in [0.25, 0.3) is 0 Å². The molecule has 1 rings (SSSR count). The Balaban J connectivity index is 2.97. The third-order valence-electron chi connectivity index (χ3n) is 2.79. The molecule has 0 aliphatic carbocycles.